The second-order valence-corrected chi connectivity index (χ2v) is 9.54. The van der Waals surface area contributed by atoms with Crippen LogP contribution in [0.5, 0.6) is 0 Å². The molecule has 0 unspecified atom stereocenters. The molecule has 0 aliphatic carbocycles. The predicted octanol–water partition coefficient (Wildman–Crippen LogP) is 9.02. The maximum absolute atomic E-state index is 5.97. The van der Waals surface area contributed by atoms with E-state index < -0.39 is 0 Å². The van der Waals surface area contributed by atoms with E-state index in [1.807, 2.05) is 18.2 Å². The number of benzene rings is 5. The van der Waals surface area contributed by atoms with Gasteiger partial charge in [0.15, 0.2) is 5.58 Å². The van der Waals surface area contributed by atoms with Gasteiger partial charge in [0.1, 0.15) is 5.52 Å². The summed E-state index contributed by atoms with van der Waals surface area (Å²) in [4.78, 5) is 4.65. The van der Waals surface area contributed by atoms with E-state index in [9.17, 15) is 0 Å². The zero-order valence-corrected chi connectivity index (χ0v) is 20.2. The van der Waals surface area contributed by atoms with Crippen LogP contribution < -0.4 is 0 Å². The molecule has 35 heavy (non-hydrogen) atoms. The summed E-state index contributed by atoms with van der Waals surface area (Å²) in [5.74, 6) is 0.631. The highest BCUT2D eigenvalue weighted by Gasteiger charge is 2.13. The predicted molar refractivity (Wildman–Crippen MR) is 147 cm³/mol. The summed E-state index contributed by atoms with van der Waals surface area (Å²) in [6.45, 7) is 0. The van der Waals surface area contributed by atoms with E-state index in [4.69, 9.17) is 4.42 Å². The van der Waals surface area contributed by atoms with E-state index in [-0.39, 0.29) is 0 Å². The van der Waals surface area contributed by atoms with Crippen molar-refractivity contribution in [2.75, 3.05) is 0 Å². The van der Waals surface area contributed by atoms with Crippen LogP contribution in [-0.4, -0.2) is 9.55 Å². The van der Waals surface area contributed by atoms with Crippen molar-refractivity contribution in [1.82, 2.24) is 9.55 Å². The Kier molecular flexibility index (Phi) is 4.61. The Bertz CT molecular complexity index is 1850. The fraction of sp³-hybridized carbons (Fsp3) is 0. The third-order valence-corrected chi connectivity index (χ3v) is 7.00. The first-order valence-corrected chi connectivity index (χ1v) is 12.3. The number of aromatic nitrogens is 2. The lowest BCUT2D eigenvalue weighted by molar-refractivity contribution is 0.620. The summed E-state index contributed by atoms with van der Waals surface area (Å²) < 4.78 is 9.30. The van der Waals surface area contributed by atoms with Crippen molar-refractivity contribution in [2.24, 2.45) is 0 Å². The smallest absolute Gasteiger partial charge is 0.227 e. The van der Waals surface area contributed by atoms with Gasteiger partial charge >= 0.3 is 0 Å². The van der Waals surface area contributed by atoms with Crippen LogP contribution in [0.4, 0.5) is 0 Å². The minimum absolute atomic E-state index is 0.631. The quantitative estimate of drug-likeness (QED) is 0.235. The summed E-state index contributed by atoms with van der Waals surface area (Å²) in [5, 5.41) is 2.50. The second kappa shape index (κ2) is 7.97. The molecule has 7 rings (SSSR count). The third-order valence-electron chi connectivity index (χ3n) is 6.50. The van der Waals surface area contributed by atoms with Crippen LogP contribution in [-0.2, 0) is 0 Å². The topological polar surface area (TPSA) is 31.0 Å². The fourth-order valence-electron chi connectivity index (χ4n) is 4.84. The number of hydrogen-bond donors (Lipinski definition) is 0. The van der Waals surface area contributed by atoms with E-state index >= 15 is 0 Å². The zero-order valence-electron chi connectivity index (χ0n) is 18.7. The summed E-state index contributed by atoms with van der Waals surface area (Å²) in [6, 6.07) is 40.2. The van der Waals surface area contributed by atoms with Gasteiger partial charge in [-0.25, -0.2) is 4.98 Å². The van der Waals surface area contributed by atoms with Crippen LogP contribution in [0.1, 0.15) is 0 Å². The Balaban J connectivity index is 1.32. The Labute approximate surface area is 210 Å². The van der Waals surface area contributed by atoms with Crippen molar-refractivity contribution in [3.05, 3.63) is 120 Å². The Hall–Kier alpha value is -4.15. The molecule has 0 N–H and O–H groups in total. The number of nitrogens with zero attached hydrogens (tertiary/aromatic N) is 2. The third kappa shape index (κ3) is 3.37. The maximum atomic E-state index is 5.97. The van der Waals surface area contributed by atoms with Crippen LogP contribution >= 0.6 is 15.9 Å². The maximum Gasteiger partial charge on any atom is 0.227 e. The van der Waals surface area contributed by atoms with E-state index in [0.717, 1.165) is 26.7 Å². The van der Waals surface area contributed by atoms with Crippen LogP contribution in [0.25, 0.3) is 61.2 Å². The van der Waals surface area contributed by atoms with Gasteiger partial charge in [-0.3, -0.25) is 0 Å². The lowest BCUT2D eigenvalue weighted by atomic mass is 10.0. The summed E-state index contributed by atoms with van der Waals surface area (Å²) >= 11 is 3.50. The standard InChI is InChI=1S/C31H19BrN2O/c32-23-15-17-30-27(19-23)33-31(35-30)21-12-10-20(11-13-21)22-14-16-29-26(18-22)25-8-4-5-9-28(25)34(29)24-6-2-1-3-7-24/h1-19H. The van der Waals surface area contributed by atoms with Gasteiger partial charge < -0.3 is 8.98 Å². The van der Waals surface area contributed by atoms with Crippen LogP contribution in [0.15, 0.2) is 124 Å². The first kappa shape index (κ1) is 20.2. The van der Waals surface area contributed by atoms with Crippen molar-refractivity contribution in [1.29, 1.82) is 0 Å². The van der Waals surface area contributed by atoms with Gasteiger partial charge in [0, 0.05) is 26.5 Å². The van der Waals surface area contributed by atoms with Gasteiger partial charge in [0.2, 0.25) is 5.89 Å². The Morgan fingerprint density at radius 3 is 2.17 bits per heavy atom. The molecule has 5 aromatic carbocycles. The summed E-state index contributed by atoms with van der Waals surface area (Å²) in [5.41, 5.74) is 8.52. The molecule has 0 saturated heterocycles. The molecule has 0 radical (unpaired) electrons. The highest BCUT2D eigenvalue weighted by atomic mass is 79.9. The number of para-hydroxylation sites is 2. The molecule has 0 bridgehead atoms. The normalized spacial score (nSPS) is 11.6. The molecular weight excluding hydrogens is 496 g/mol. The second-order valence-electron chi connectivity index (χ2n) is 8.63. The first-order valence-electron chi connectivity index (χ1n) is 11.5. The van der Waals surface area contributed by atoms with Gasteiger partial charge in [-0.15, -0.1) is 0 Å². The molecule has 166 valence electrons. The largest absolute Gasteiger partial charge is 0.436 e. The van der Waals surface area contributed by atoms with Crippen molar-refractivity contribution in [3.8, 4) is 28.3 Å². The molecule has 4 heteroatoms. The lowest BCUT2D eigenvalue weighted by Crippen LogP contribution is -1.92. The lowest BCUT2D eigenvalue weighted by Gasteiger charge is -2.08. The van der Waals surface area contributed by atoms with Gasteiger partial charge in [-0.1, -0.05) is 70.5 Å². The SMILES string of the molecule is Brc1ccc2oc(-c3ccc(-c4ccc5c(c4)c4ccccc4n5-c4ccccc4)cc3)nc2c1. The van der Waals surface area contributed by atoms with Gasteiger partial charge in [0.05, 0.1) is 11.0 Å². The van der Waals surface area contributed by atoms with Crippen LogP contribution in [0, 0.1) is 0 Å². The van der Waals surface area contributed by atoms with E-state index in [1.165, 1.54) is 33.1 Å². The molecule has 0 fully saturated rings. The molecule has 0 aliphatic heterocycles. The van der Waals surface area contributed by atoms with Crippen molar-refractivity contribution in [3.63, 3.8) is 0 Å². The molecule has 0 amide bonds. The number of hydrogen-bond acceptors (Lipinski definition) is 2. The average Bonchev–Trinajstić information content (AvgIpc) is 3.48. The van der Waals surface area contributed by atoms with Gasteiger partial charge in [-0.2, -0.15) is 0 Å². The highest BCUT2D eigenvalue weighted by Crippen LogP contribution is 2.35. The number of fused-ring (bicyclic) bond motifs is 4. The number of rotatable bonds is 3. The average molecular weight is 515 g/mol. The minimum Gasteiger partial charge on any atom is -0.436 e. The molecule has 0 atom stereocenters. The Morgan fingerprint density at radius 1 is 0.600 bits per heavy atom. The first-order chi connectivity index (χ1) is 17.2. The molecular formula is C31H19BrN2O. The van der Waals surface area contributed by atoms with Crippen molar-refractivity contribution >= 4 is 48.8 Å². The zero-order chi connectivity index (χ0) is 23.4. The van der Waals surface area contributed by atoms with E-state index in [2.05, 4.69) is 123 Å². The molecule has 0 saturated carbocycles. The van der Waals surface area contributed by atoms with E-state index in [0.29, 0.717) is 5.89 Å². The van der Waals surface area contributed by atoms with Crippen molar-refractivity contribution < 1.29 is 4.42 Å². The van der Waals surface area contributed by atoms with Gasteiger partial charge in [0.25, 0.3) is 0 Å². The van der Waals surface area contributed by atoms with Crippen LogP contribution in [0.3, 0.4) is 0 Å². The van der Waals surface area contributed by atoms with Crippen molar-refractivity contribution in [2.45, 2.75) is 0 Å². The summed E-state index contributed by atoms with van der Waals surface area (Å²) in [6.07, 6.45) is 0. The van der Waals surface area contributed by atoms with Crippen LogP contribution in [0.2, 0.25) is 0 Å². The van der Waals surface area contributed by atoms with E-state index in [1.54, 1.807) is 0 Å². The monoisotopic (exact) mass is 514 g/mol. The minimum atomic E-state index is 0.631. The molecule has 0 aliphatic rings. The fourth-order valence-corrected chi connectivity index (χ4v) is 5.19. The summed E-state index contributed by atoms with van der Waals surface area (Å²) in [7, 11) is 0. The molecule has 2 aromatic heterocycles. The number of halogens is 1. The molecule has 0 spiro atoms. The Morgan fingerprint density at radius 2 is 1.31 bits per heavy atom. The molecule has 7 aromatic rings. The number of oxazole rings is 1. The molecule has 3 nitrogen and oxygen atoms in total. The highest BCUT2D eigenvalue weighted by molar-refractivity contribution is 9.10. The molecule has 2 heterocycles. The van der Waals surface area contributed by atoms with Gasteiger partial charge in [-0.05, 0) is 71.8 Å².